The molecule has 3 aromatic rings. The van der Waals surface area contributed by atoms with Crippen molar-refractivity contribution < 1.29 is 18.3 Å². The van der Waals surface area contributed by atoms with Gasteiger partial charge in [-0.1, -0.05) is 6.92 Å². The van der Waals surface area contributed by atoms with E-state index < -0.39 is 17.5 Å². The fraction of sp³-hybridized carbons (Fsp3) is 0.250. The first kappa shape index (κ1) is 19.5. The molecular weight excluding hydrogens is 366 g/mol. The van der Waals surface area contributed by atoms with Crippen molar-refractivity contribution in [3.63, 3.8) is 0 Å². The van der Waals surface area contributed by atoms with Crippen molar-refractivity contribution in [2.45, 2.75) is 20.3 Å². The number of anilines is 1. The average molecular weight is 386 g/mol. The van der Waals surface area contributed by atoms with Gasteiger partial charge in [0, 0.05) is 29.1 Å². The van der Waals surface area contributed by atoms with Gasteiger partial charge in [-0.15, -0.1) is 10.2 Å². The molecule has 0 aliphatic heterocycles. The second-order valence-corrected chi connectivity index (χ2v) is 6.11. The van der Waals surface area contributed by atoms with E-state index in [1.807, 2.05) is 6.92 Å². The van der Waals surface area contributed by atoms with Gasteiger partial charge in [-0.3, -0.25) is 4.79 Å². The van der Waals surface area contributed by atoms with Gasteiger partial charge in [-0.05, 0) is 37.6 Å². The molecule has 0 spiro atoms. The summed E-state index contributed by atoms with van der Waals surface area (Å²) in [6, 6.07) is 6.47. The van der Waals surface area contributed by atoms with E-state index in [0.717, 1.165) is 6.42 Å². The zero-order valence-corrected chi connectivity index (χ0v) is 15.6. The largest absolute Gasteiger partial charge is 0.493 e. The van der Waals surface area contributed by atoms with Crippen LogP contribution in [-0.2, 0) is 0 Å². The van der Waals surface area contributed by atoms with Crippen molar-refractivity contribution in [2.75, 3.05) is 18.9 Å². The molecule has 0 aliphatic carbocycles. The average Bonchev–Trinajstić information content (AvgIpc) is 2.67. The molecule has 0 unspecified atom stereocenters. The summed E-state index contributed by atoms with van der Waals surface area (Å²) in [4.78, 5) is 12.2. The van der Waals surface area contributed by atoms with Crippen LogP contribution in [0.3, 0.4) is 0 Å². The fourth-order valence-electron chi connectivity index (χ4n) is 2.89. The van der Waals surface area contributed by atoms with Gasteiger partial charge in [0.1, 0.15) is 22.9 Å². The first-order valence-corrected chi connectivity index (χ1v) is 8.93. The number of carbonyl (C=O) groups is 1. The SMILES string of the molecule is CCCNC(=O)c1nnc2c(-c3ccc(F)cc3OCC)c(F)ccc2c1N. The van der Waals surface area contributed by atoms with Gasteiger partial charge in [0.25, 0.3) is 5.91 Å². The number of halogens is 2. The first-order chi connectivity index (χ1) is 13.5. The number of nitrogens with one attached hydrogen (secondary N) is 1. The normalized spacial score (nSPS) is 10.9. The zero-order valence-electron chi connectivity index (χ0n) is 15.6. The highest BCUT2D eigenvalue weighted by Gasteiger charge is 2.21. The van der Waals surface area contributed by atoms with Crippen LogP contribution in [0.25, 0.3) is 22.0 Å². The predicted octanol–water partition coefficient (Wildman–Crippen LogP) is 3.70. The standard InChI is InChI=1S/C20H20F2N4O2/c1-3-9-24-20(27)19-17(23)13-7-8-14(22)16(18(13)25-26-19)12-6-5-11(21)10-15(12)28-4-2/h5-8,10H,3-4,9H2,1-2H3,(H2,23,25)(H,24,27). The topological polar surface area (TPSA) is 90.1 Å². The first-order valence-electron chi connectivity index (χ1n) is 8.93. The Kier molecular flexibility index (Phi) is 5.67. The lowest BCUT2D eigenvalue weighted by Gasteiger charge is -2.14. The maximum absolute atomic E-state index is 14.7. The second kappa shape index (κ2) is 8.16. The van der Waals surface area contributed by atoms with E-state index in [1.165, 1.54) is 30.3 Å². The van der Waals surface area contributed by atoms with Crippen molar-refractivity contribution in [3.8, 4) is 16.9 Å². The molecule has 0 saturated heterocycles. The third-order valence-electron chi connectivity index (χ3n) is 4.19. The van der Waals surface area contributed by atoms with Gasteiger partial charge in [-0.25, -0.2) is 8.78 Å². The minimum Gasteiger partial charge on any atom is -0.493 e. The molecule has 2 aromatic carbocycles. The maximum atomic E-state index is 14.7. The van der Waals surface area contributed by atoms with Crippen molar-refractivity contribution in [1.29, 1.82) is 0 Å². The number of hydrogen-bond acceptors (Lipinski definition) is 5. The van der Waals surface area contributed by atoms with Crippen molar-refractivity contribution in [3.05, 3.63) is 47.7 Å². The fourth-order valence-corrected chi connectivity index (χ4v) is 2.89. The summed E-state index contributed by atoms with van der Waals surface area (Å²) in [6.45, 7) is 4.41. The molecule has 0 aliphatic rings. The van der Waals surface area contributed by atoms with Crippen LogP contribution < -0.4 is 15.8 Å². The Morgan fingerprint density at radius 1 is 1.18 bits per heavy atom. The molecule has 3 rings (SSSR count). The third-order valence-corrected chi connectivity index (χ3v) is 4.19. The van der Waals surface area contributed by atoms with Crippen molar-refractivity contribution >= 4 is 22.5 Å². The van der Waals surface area contributed by atoms with E-state index in [0.29, 0.717) is 17.5 Å². The monoisotopic (exact) mass is 386 g/mol. The van der Waals surface area contributed by atoms with Crippen LogP contribution in [0.1, 0.15) is 30.8 Å². The molecule has 0 bridgehead atoms. The molecule has 3 N–H and O–H groups in total. The Morgan fingerprint density at radius 2 is 1.96 bits per heavy atom. The van der Waals surface area contributed by atoms with Crippen molar-refractivity contribution in [1.82, 2.24) is 15.5 Å². The number of fused-ring (bicyclic) bond motifs is 1. The molecule has 28 heavy (non-hydrogen) atoms. The number of aromatic nitrogens is 2. The van der Waals surface area contributed by atoms with Gasteiger partial charge < -0.3 is 15.8 Å². The maximum Gasteiger partial charge on any atom is 0.273 e. The van der Waals surface area contributed by atoms with Crippen LogP contribution in [0.15, 0.2) is 30.3 Å². The summed E-state index contributed by atoms with van der Waals surface area (Å²) in [6.07, 6.45) is 0.757. The molecule has 8 heteroatoms. The molecule has 1 aromatic heterocycles. The molecule has 1 heterocycles. The number of carbonyl (C=O) groups excluding carboxylic acids is 1. The van der Waals surface area contributed by atoms with E-state index in [9.17, 15) is 13.6 Å². The Morgan fingerprint density at radius 3 is 2.68 bits per heavy atom. The van der Waals surface area contributed by atoms with Gasteiger partial charge in [0.2, 0.25) is 0 Å². The summed E-state index contributed by atoms with van der Waals surface area (Å²) < 4.78 is 33.9. The number of benzene rings is 2. The van der Waals surface area contributed by atoms with E-state index >= 15 is 0 Å². The Balaban J connectivity index is 2.21. The van der Waals surface area contributed by atoms with Gasteiger partial charge >= 0.3 is 0 Å². The lowest BCUT2D eigenvalue weighted by atomic mass is 9.99. The molecule has 0 saturated carbocycles. The van der Waals surface area contributed by atoms with E-state index in [2.05, 4.69) is 15.5 Å². The summed E-state index contributed by atoms with van der Waals surface area (Å²) in [5.74, 6) is -1.36. The van der Waals surface area contributed by atoms with Gasteiger partial charge in [-0.2, -0.15) is 0 Å². The minimum absolute atomic E-state index is 0.0253. The zero-order chi connectivity index (χ0) is 20.3. The number of nitrogens with zero attached hydrogens (tertiary/aromatic N) is 2. The second-order valence-electron chi connectivity index (χ2n) is 6.11. The van der Waals surface area contributed by atoms with Gasteiger partial charge in [0.15, 0.2) is 5.69 Å². The van der Waals surface area contributed by atoms with Crippen LogP contribution in [0.5, 0.6) is 5.75 Å². The lowest BCUT2D eigenvalue weighted by molar-refractivity contribution is 0.0949. The Hall–Kier alpha value is -3.29. The van der Waals surface area contributed by atoms with E-state index in [-0.39, 0.29) is 34.8 Å². The highest BCUT2D eigenvalue weighted by molar-refractivity contribution is 6.07. The minimum atomic E-state index is -0.586. The Labute approximate surface area is 160 Å². The highest BCUT2D eigenvalue weighted by Crippen LogP contribution is 2.38. The number of ether oxygens (including phenoxy) is 1. The number of nitrogens with two attached hydrogens (primary N) is 1. The highest BCUT2D eigenvalue weighted by atomic mass is 19.1. The van der Waals surface area contributed by atoms with Crippen LogP contribution in [0, 0.1) is 11.6 Å². The number of hydrogen-bond donors (Lipinski definition) is 2. The quantitative estimate of drug-likeness (QED) is 0.674. The lowest BCUT2D eigenvalue weighted by Crippen LogP contribution is -2.26. The summed E-state index contributed by atoms with van der Waals surface area (Å²) in [5.41, 5.74) is 6.77. The van der Waals surface area contributed by atoms with Crippen LogP contribution in [-0.4, -0.2) is 29.3 Å². The van der Waals surface area contributed by atoms with Crippen LogP contribution in [0.4, 0.5) is 14.5 Å². The predicted molar refractivity (Wildman–Crippen MR) is 103 cm³/mol. The summed E-state index contributed by atoms with van der Waals surface area (Å²) in [7, 11) is 0. The molecule has 6 nitrogen and oxygen atoms in total. The summed E-state index contributed by atoms with van der Waals surface area (Å²) in [5, 5.41) is 11.0. The van der Waals surface area contributed by atoms with Gasteiger partial charge in [0.05, 0.1) is 12.3 Å². The van der Waals surface area contributed by atoms with Crippen LogP contribution >= 0.6 is 0 Å². The molecule has 0 radical (unpaired) electrons. The van der Waals surface area contributed by atoms with E-state index in [1.54, 1.807) is 6.92 Å². The molecule has 0 atom stereocenters. The van der Waals surface area contributed by atoms with E-state index in [4.69, 9.17) is 10.5 Å². The summed E-state index contributed by atoms with van der Waals surface area (Å²) >= 11 is 0. The number of rotatable bonds is 6. The number of amides is 1. The third kappa shape index (κ3) is 3.58. The Bertz CT molecular complexity index is 1040. The molecule has 0 fully saturated rings. The van der Waals surface area contributed by atoms with Crippen LogP contribution in [0.2, 0.25) is 0 Å². The number of nitrogen functional groups attached to an aromatic ring is 1. The molecule has 1 amide bonds. The smallest absolute Gasteiger partial charge is 0.273 e. The molecular formula is C20H20F2N4O2. The van der Waals surface area contributed by atoms with Crippen molar-refractivity contribution in [2.24, 2.45) is 0 Å². The molecule has 146 valence electrons.